The second kappa shape index (κ2) is 4.73. The highest BCUT2D eigenvalue weighted by Gasteiger charge is 2.24. The summed E-state index contributed by atoms with van der Waals surface area (Å²) in [5, 5.41) is 0. The zero-order valence-corrected chi connectivity index (χ0v) is 8.18. The van der Waals surface area contributed by atoms with E-state index in [0.29, 0.717) is 12.5 Å². The molecule has 0 aromatic rings. The average Bonchev–Trinajstić information content (AvgIpc) is 1.99. The molecule has 0 radical (unpaired) electrons. The second-order valence-corrected chi connectivity index (χ2v) is 3.45. The Labute approximate surface area is 70.1 Å². The zero-order chi connectivity index (χ0) is 8.91. The first-order valence-electron chi connectivity index (χ1n) is 4.41. The van der Waals surface area contributed by atoms with Crippen LogP contribution in [0.25, 0.3) is 0 Å². The van der Waals surface area contributed by atoms with E-state index in [-0.39, 0.29) is 5.54 Å². The van der Waals surface area contributed by atoms with Crippen LogP contribution in [0.1, 0.15) is 34.1 Å². The van der Waals surface area contributed by atoms with Crippen LogP contribution in [0.15, 0.2) is 0 Å². The van der Waals surface area contributed by atoms with Gasteiger partial charge in [0.25, 0.3) is 0 Å². The highest BCUT2D eigenvalue weighted by Crippen LogP contribution is 2.17. The number of hydrogen-bond donors (Lipinski definition) is 1. The van der Waals surface area contributed by atoms with Gasteiger partial charge in [0.1, 0.15) is 0 Å². The van der Waals surface area contributed by atoms with Gasteiger partial charge in [0.15, 0.2) is 0 Å². The number of ether oxygens (including phenoxy) is 1. The third-order valence-corrected chi connectivity index (χ3v) is 2.36. The third kappa shape index (κ3) is 3.73. The SMILES string of the molecule is CCOCC(C)(N)C(C)CC. The summed E-state index contributed by atoms with van der Waals surface area (Å²) in [4.78, 5) is 0. The van der Waals surface area contributed by atoms with Gasteiger partial charge < -0.3 is 10.5 Å². The van der Waals surface area contributed by atoms with E-state index in [1.54, 1.807) is 0 Å². The molecule has 2 atom stereocenters. The first kappa shape index (κ1) is 10.9. The zero-order valence-electron chi connectivity index (χ0n) is 8.18. The van der Waals surface area contributed by atoms with Crippen molar-refractivity contribution < 1.29 is 4.74 Å². The maximum absolute atomic E-state index is 6.03. The van der Waals surface area contributed by atoms with Crippen molar-refractivity contribution in [2.75, 3.05) is 13.2 Å². The van der Waals surface area contributed by atoms with Crippen LogP contribution in [0.5, 0.6) is 0 Å². The van der Waals surface area contributed by atoms with Crippen molar-refractivity contribution in [3.05, 3.63) is 0 Å². The Bertz CT molecular complexity index is 102. The van der Waals surface area contributed by atoms with Gasteiger partial charge in [-0.1, -0.05) is 20.3 Å². The number of nitrogens with two attached hydrogens (primary N) is 1. The van der Waals surface area contributed by atoms with Crippen LogP contribution in [0.3, 0.4) is 0 Å². The Morgan fingerprint density at radius 2 is 2.00 bits per heavy atom. The minimum atomic E-state index is -0.162. The van der Waals surface area contributed by atoms with Crippen LogP contribution in [0.4, 0.5) is 0 Å². The predicted molar refractivity (Wildman–Crippen MR) is 48.5 cm³/mol. The molecule has 11 heavy (non-hydrogen) atoms. The molecule has 2 heteroatoms. The lowest BCUT2D eigenvalue weighted by atomic mass is 9.87. The van der Waals surface area contributed by atoms with Crippen molar-refractivity contribution in [1.29, 1.82) is 0 Å². The smallest absolute Gasteiger partial charge is 0.0645 e. The Kier molecular flexibility index (Phi) is 4.69. The summed E-state index contributed by atoms with van der Waals surface area (Å²) < 4.78 is 5.30. The lowest BCUT2D eigenvalue weighted by Gasteiger charge is -2.30. The largest absolute Gasteiger partial charge is 0.380 e. The van der Waals surface area contributed by atoms with Crippen molar-refractivity contribution in [2.24, 2.45) is 11.7 Å². The molecule has 0 saturated heterocycles. The molecule has 2 nitrogen and oxygen atoms in total. The lowest BCUT2D eigenvalue weighted by molar-refractivity contribution is 0.0771. The first-order chi connectivity index (χ1) is 5.04. The summed E-state index contributed by atoms with van der Waals surface area (Å²) in [7, 11) is 0. The molecule has 0 heterocycles. The van der Waals surface area contributed by atoms with Gasteiger partial charge in [-0.3, -0.25) is 0 Å². The van der Waals surface area contributed by atoms with Crippen LogP contribution >= 0.6 is 0 Å². The van der Waals surface area contributed by atoms with E-state index in [1.165, 1.54) is 0 Å². The quantitative estimate of drug-likeness (QED) is 0.663. The van der Waals surface area contributed by atoms with E-state index in [4.69, 9.17) is 10.5 Å². The van der Waals surface area contributed by atoms with Crippen molar-refractivity contribution in [3.8, 4) is 0 Å². The fourth-order valence-corrected chi connectivity index (χ4v) is 0.931. The molecular formula is C9H21NO. The van der Waals surface area contributed by atoms with E-state index in [0.717, 1.165) is 13.0 Å². The number of hydrogen-bond acceptors (Lipinski definition) is 2. The third-order valence-electron chi connectivity index (χ3n) is 2.36. The molecule has 0 rings (SSSR count). The first-order valence-corrected chi connectivity index (χ1v) is 4.41. The Morgan fingerprint density at radius 1 is 1.45 bits per heavy atom. The van der Waals surface area contributed by atoms with Gasteiger partial charge in [-0.2, -0.15) is 0 Å². The van der Waals surface area contributed by atoms with Gasteiger partial charge >= 0.3 is 0 Å². The fraction of sp³-hybridized carbons (Fsp3) is 1.00. The summed E-state index contributed by atoms with van der Waals surface area (Å²) in [6, 6.07) is 0. The Morgan fingerprint density at radius 3 is 2.36 bits per heavy atom. The highest BCUT2D eigenvalue weighted by molar-refractivity contribution is 4.83. The van der Waals surface area contributed by atoms with Gasteiger partial charge in [-0.15, -0.1) is 0 Å². The van der Waals surface area contributed by atoms with Gasteiger partial charge in [0.05, 0.1) is 6.61 Å². The highest BCUT2D eigenvalue weighted by atomic mass is 16.5. The van der Waals surface area contributed by atoms with Crippen molar-refractivity contribution in [2.45, 2.75) is 39.7 Å². The second-order valence-electron chi connectivity index (χ2n) is 3.45. The summed E-state index contributed by atoms with van der Waals surface area (Å²) >= 11 is 0. The van der Waals surface area contributed by atoms with Crippen molar-refractivity contribution in [1.82, 2.24) is 0 Å². The monoisotopic (exact) mass is 159 g/mol. The maximum Gasteiger partial charge on any atom is 0.0645 e. The normalized spacial score (nSPS) is 19.4. The average molecular weight is 159 g/mol. The van der Waals surface area contributed by atoms with Gasteiger partial charge in [0.2, 0.25) is 0 Å². The molecule has 0 aliphatic carbocycles. The van der Waals surface area contributed by atoms with E-state index < -0.39 is 0 Å². The van der Waals surface area contributed by atoms with Crippen molar-refractivity contribution >= 4 is 0 Å². The van der Waals surface area contributed by atoms with Crippen LogP contribution in [0.2, 0.25) is 0 Å². The Balaban J connectivity index is 3.77. The topological polar surface area (TPSA) is 35.2 Å². The molecule has 2 unspecified atom stereocenters. The Hall–Kier alpha value is -0.0800. The number of rotatable bonds is 5. The van der Waals surface area contributed by atoms with Crippen LogP contribution < -0.4 is 5.73 Å². The van der Waals surface area contributed by atoms with E-state index in [2.05, 4.69) is 20.8 Å². The molecule has 0 amide bonds. The minimum absolute atomic E-state index is 0.162. The van der Waals surface area contributed by atoms with Gasteiger partial charge in [-0.05, 0) is 19.8 Å². The molecule has 0 bridgehead atoms. The molecule has 0 aliphatic rings. The fourth-order valence-electron chi connectivity index (χ4n) is 0.931. The molecule has 68 valence electrons. The summed E-state index contributed by atoms with van der Waals surface area (Å²) in [5.74, 6) is 0.522. The predicted octanol–water partition coefficient (Wildman–Crippen LogP) is 1.79. The lowest BCUT2D eigenvalue weighted by Crippen LogP contribution is -2.47. The van der Waals surface area contributed by atoms with Crippen molar-refractivity contribution in [3.63, 3.8) is 0 Å². The van der Waals surface area contributed by atoms with Crippen LogP contribution in [-0.2, 0) is 4.74 Å². The molecule has 2 N–H and O–H groups in total. The van der Waals surface area contributed by atoms with E-state index in [9.17, 15) is 0 Å². The molecule has 0 fully saturated rings. The van der Waals surface area contributed by atoms with Crippen LogP contribution in [0, 0.1) is 5.92 Å². The molecule has 0 aliphatic heterocycles. The molecule has 0 aromatic carbocycles. The van der Waals surface area contributed by atoms with Gasteiger partial charge in [-0.25, -0.2) is 0 Å². The minimum Gasteiger partial charge on any atom is -0.380 e. The molecule has 0 aromatic heterocycles. The van der Waals surface area contributed by atoms with Crippen LogP contribution in [-0.4, -0.2) is 18.8 Å². The summed E-state index contributed by atoms with van der Waals surface area (Å²) in [6.07, 6.45) is 1.11. The summed E-state index contributed by atoms with van der Waals surface area (Å²) in [6.45, 7) is 9.78. The molecule has 0 spiro atoms. The molecular weight excluding hydrogens is 138 g/mol. The summed E-state index contributed by atoms with van der Waals surface area (Å²) in [5.41, 5.74) is 5.87. The van der Waals surface area contributed by atoms with Gasteiger partial charge in [0, 0.05) is 12.1 Å². The molecule has 0 saturated carbocycles. The maximum atomic E-state index is 6.03. The van der Waals surface area contributed by atoms with E-state index >= 15 is 0 Å². The standard InChI is InChI=1S/C9H21NO/c1-5-8(3)9(4,10)7-11-6-2/h8H,5-7,10H2,1-4H3. The van der Waals surface area contributed by atoms with E-state index in [1.807, 2.05) is 6.92 Å².